The van der Waals surface area contributed by atoms with Crippen molar-refractivity contribution in [2.24, 2.45) is 0 Å². The first kappa shape index (κ1) is 16.2. The zero-order valence-electron chi connectivity index (χ0n) is 12.0. The molecule has 0 saturated carbocycles. The van der Waals surface area contributed by atoms with Crippen LogP contribution in [0.2, 0.25) is 0 Å². The van der Waals surface area contributed by atoms with Crippen LogP contribution >= 0.6 is 0 Å². The van der Waals surface area contributed by atoms with Crippen molar-refractivity contribution >= 4 is 6.09 Å². The molecule has 0 spiro atoms. The highest BCUT2D eigenvalue weighted by Crippen LogP contribution is 2.23. The van der Waals surface area contributed by atoms with E-state index in [0.29, 0.717) is 0 Å². The van der Waals surface area contributed by atoms with Crippen LogP contribution in [0.5, 0.6) is 0 Å². The minimum Gasteiger partial charge on any atom is -0.444 e. The Morgan fingerprint density at radius 1 is 1.47 bits per heavy atom. The first-order chi connectivity index (χ1) is 8.73. The molecule has 1 rings (SSSR count). The van der Waals surface area contributed by atoms with Crippen molar-refractivity contribution in [2.75, 3.05) is 6.61 Å². The van der Waals surface area contributed by atoms with Gasteiger partial charge in [0.05, 0.1) is 31.0 Å². The van der Waals surface area contributed by atoms with Gasteiger partial charge in [-0.1, -0.05) is 0 Å². The Bertz CT molecular complexity index is 302. The molecule has 0 radical (unpaired) electrons. The van der Waals surface area contributed by atoms with Crippen molar-refractivity contribution in [3.8, 4) is 0 Å². The third kappa shape index (κ3) is 5.34. The molecule has 3 N–H and O–H groups in total. The second-order valence-electron chi connectivity index (χ2n) is 5.98. The summed E-state index contributed by atoms with van der Waals surface area (Å²) in [6.07, 6.45) is -0.284. The monoisotopic (exact) mass is 275 g/mol. The number of carbonyl (C=O) groups excluding carboxylic acids is 1. The molecule has 0 aliphatic carbocycles. The topological polar surface area (TPSA) is 88.0 Å². The molecule has 1 amide bonds. The maximum Gasteiger partial charge on any atom is 0.408 e. The summed E-state index contributed by atoms with van der Waals surface area (Å²) in [6, 6.07) is -0.662. The van der Waals surface area contributed by atoms with Crippen LogP contribution in [0, 0.1) is 0 Å². The lowest BCUT2D eigenvalue weighted by Crippen LogP contribution is -2.53. The highest BCUT2D eigenvalue weighted by molar-refractivity contribution is 5.68. The molecule has 1 heterocycles. The lowest BCUT2D eigenvalue weighted by molar-refractivity contribution is -0.0296. The Morgan fingerprint density at radius 3 is 2.53 bits per heavy atom. The number of aliphatic hydroxyl groups is 2. The molecule has 0 aromatic rings. The van der Waals surface area contributed by atoms with E-state index in [9.17, 15) is 9.90 Å². The Morgan fingerprint density at radius 2 is 2.11 bits per heavy atom. The summed E-state index contributed by atoms with van der Waals surface area (Å²) < 4.78 is 10.8. The zero-order valence-corrected chi connectivity index (χ0v) is 12.0. The fourth-order valence-electron chi connectivity index (χ4n) is 2.09. The molecule has 1 aliphatic heterocycles. The van der Waals surface area contributed by atoms with Crippen LogP contribution in [-0.2, 0) is 9.47 Å². The van der Waals surface area contributed by atoms with Gasteiger partial charge >= 0.3 is 6.09 Å². The largest absolute Gasteiger partial charge is 0.444 e. The molecule has 112 valence electrons. The lowest BCUT2D eigenvalue weighted by atomic mass is 10.0. The number of carbonyl (C=O) groups is 1. The average Bonchev–Trinajstić information content (AvgIpc) is 2.69. The molecule has 0 aromatic carbocycles. The van der Waals surface area contributed by atoms with Gasteiger partial charge in [0.15, 0.2) is 0 Å². The number of nitrogens with one attached hydrogen (secondary N) is 1. The minimum atomic E-state index is -1.07. The summed E-state index contributed by atoms with van der Waals surface area (Å²) in [5.41, 5.74) is -0.609. The molecule has 0 bridgehead atoms. The van der Waals surface area contributed by atoms with E-state index >= 15 is 0 Å². The van der Waals surface area contributed by atoms with Gasteiger partial charge in [0, 0.05) is 0 Å². The molecule has 1 aliphatic rings. The van der Waals surface area contributed by atoms with Gasteiger partial charge in [-0.15, -0.1) is 0 Å². The normalized spacial score (nSPS) is 26.8. The molecule has 4 atom stereocenters. The van der Waals surface area contributed by atoms with Gasteiger partial charge in [-0.05, 0) is 40.5 Å². The Balaban J connectivity index is 2.62. The third-order valence-electron chi connectivity index (χ3n) is 2.95. The van der Waals surface area contributed by atoms with E-state index < -0.39 is 30.4 Å². The molecular weight excluding hydrogens is 250 g/mol. The summed E-state index contributed by atoms with van der Waals surface area (Å²) in [7, 11) is 0. The quantitative estimate of drug-likeness (QED) is 0.706. The lowest BCUT2D eigenvalue weighted by Gasteiger charge is -2.29. The molecule has 19 heavy (non-hydrogen) atoms. The van der Waals surface area contributed by atoms with Crippen LogP contribution in [0.3, 0.4) is 0 Å². The smallest absolute Gasteiger partial charge is 0.408 e. The van der Waals surface area contributed by atoms with Crippen molar-refractivity contribution in [1.82, 2.24) is 5.32 Å². The number of amides is 1. The van der Waals surface area contributed by atoms with E-state index in [1.807, 2.05) is 6.92 Å². The highest BCUT2D eigenvalue weighted by Gasteiger charge is 2.35. The number of hydrogen-bond donors (Lipinski definition) is 3. The van der Waals surface area contributed by atoms with E-state index in [1.54, 1.807) is 20.8 Å². The molecular formula is C13H25NO5. The average molecular weight is 275 g/mol. The first-order valence-corrected chi connectivity index (χ1v) is 6.67. The van der Waals surface area contributed by atoms with Crippen LogP contribution < -0.4 is 5.32 Å². The van der Waals surface area contributed by atoms with Gasteiger partial charge in [0.1, 0.15) is 5.60 Å². The SMILES string of the molecule is C[C@H]1CC[C@H]([C@H](NC(=O)OC(C)(C)C)[C@H](O)CO)O1. The fourth-order valence-corrected chi connectivity index (χ4v) is 2.09. The van der Waals surface area contributed by atoms with Gasteiger partial charge in [0.2, 0.25) is 0 Å². The fraction of sp³-hybridized carbons (Fsp3) is 0.923. The van der Waals surface area contributed by atoms with Gasteiger partial charge in [-0.3, -0.25) is 0 Å². The molecule has 0 unspecified atom stereocenters. The second kappa shape index (κ2) is 6.54. The number of rotatable bonds is 4. The van der Waals surface area contributed by atoms with Crippen molar-refractivity contribution in [3.05, 3.63) is 0 Å². The molecule has 1 fully saturated rings. The van der Waals surface area contributed by atoms with Gasteiger partial charge in [-0.2, -0.15) is 0 Å². The highest BCUT2D eigenvalue weighted by atomic mass is 16.6. The van der Waals surface area contributed by atoms with Crippen LogP contribution in [0.25, 0.3) is 0 Å². The Labute approximate surface area is 114 Å². The second-order valence-corrected chi connectivity index (χ2v) is 5.98. The number of ether oxygens (including phenoxy) is 2. The molecule has 6 heteroatoms. The van der Waals surface area contributed by atoms with Crippen LogP contribution in [0.15, 0.2) is 0 Å². The van der Waals surface area contributed by atoms with Crippen molar-refractivity contribution < 1.29 is 24.5 Å². The summed E-state index contributed by atoms with van der Waals surface area (Å²) in [4.78, 5) is 11.7. The summed E-state index contributed by atoms with van der Waals surface area (Å²) in [5.74, 6) is 0. The summed E-state index contributed by atoms with van der Waals surface area (Å²) >= 11 is 0. The number of hydrogen-bond acceptors (Lipinski definition) is 5. The van der Waals surface area contributed by atoms with Crippen LogP contribution in [-0.4, -0.2) is 52.9 Å². The van der Waals surface area contributed by atoms with Crippen molar-refractivity contribution in [1.29, 1.82) is 0 Å². The first-order valence-electron chi connectivity index (χ1n) is 6.67. The van der Waals surface area contributed by atoms with E-state index in [0.717, 1.165) is 12.8 Å². The standard InChI is InChI=1S/C13H25NO5/c1-8-5-6-10(18-8)11(9(16)7-15)14-12(17)19-13(2,3)4/h8-11,15-16H,5-7H2,1-4H3,(H,14,17)/t8-,9+,10+,11+/m0/s1. The molecule has 0 aromatic heterocycles. The number of aliphatic hydroxyl groups excluding tert-OH is 2. The molecule has 6 nitrogen and oxygen atoms in total. The summed E-state index contributed by atoms with van der Waals surface area (Å²) in [6.45, 7) is 6.79. The van der Waals surface area contributed by atoms with E-state index in [1.165, 1.54) is 0 Å². The summed E-state index contributed by atoms with van der Waals surface area (Å²) in [5, 5.41) is 21.5. The van der Waals surface area contributed by atoms with Gasteiger partial charge in [-0.25, -0.2) is 4.79 Å². The minimum absolute atomic E-state index is 0.0961. The van der Waals surface area contributed by atoms with Gasteiger partial charge in [0.25, 0.3) is 0 Å². The predicted octanol–water partition coefficient (Wildman–Crippen LogP) is 0.800. The van der Waals surface area contributed by atoms with Crippen molar-refractivity contribution in [3.63, 3.8) is 0 Å². The van der Waals surface area contributed by atoms with Gasteiger partial charge < -0.3 is 25.0 Å². The molecule has 1 saturated heterocycles. The van der Waals surface area contributed by atoms with Crippen molar-refractivity contribution in [2.45, 2.75) is 70.5 Å². The Kier molecular flexibility index (Phi) is 5.58. The van der Waals surface area contributed by atoms with Crippen LogP contribution in [0.1, 0.15) is 40.5 Å². The maximum atomic E-state index is 11.7. The maximum absolute atomic E-state index is 11.7. The predicted molar refractivity (Wildman–Crippen MR) is 69.8 cm³/mol. The number of alkyl carbamates (subject to hydrolysis) is 1. The van der Waals surface area contributed by atoms with E-state index in [2.05, 4.69) is 5.32 Å². The third-order valence-corrected chi connectivity index (χ3v) is 2.95. The van der Waals surface area contributed by atoms with E-state index in [4.69, 9.17) is 14.6 Å². The zero-order chi connectivity index (χ0) is 14.6. The van der Waals surface area contributed by atoms with E-state index in [-0.39, 0.29) is 12.2 Å². The van der Waals surface area contributed by atoms with Crippen LogP contribution in [0.4, 0.5) is 4.79 Å². The Hall–Kier alpha value is -0.850.